The Bertz CT molecular complexity index is 3070. The van der Waals surface area contributed by atoms with Gasteiger partial charge >= 0.3 is 0 Å². The van der Waals surface area contributed by atoms with Crippen LogP contribution in [0.2, 0.25) is 0 Å². The monoisotopic (exact) mass is 757 g/mol. The van der Waals surface area contributed by atoms with E-state index in [1.807, 2.05) is 121 Å². The fourth-order valence-corrected chi connectivity index (χ4v) is 8.36. The molecule has 0 saturated heterocycles. The minimum atomic E-state index is -1.14. The molecule has 280 valence electrons. The van der Waals surface area contributed by atoms with Gasteiger partial charge in [0.05, 0.1) is 22.3 Å². The maximum atomic E-state index is 16.1. The molecule has 0 saturated carbocycles. The minimum Gasteiger partial charge on any atom is -0.455 e. The van der Waals surface area contributed by atoms with Crippen LogP contribution in [0.4, 0.5) is 8.78 Å². The third kappa shape index (κ3) is 6.20. The van der Waals surface area contributed by atoms with Gasteiger partial charge < -0.3 is 19.7 Å². The molecule has 0 fully saturated rings. The highest BCUT2D eigenvalue weighted by atomic mass is 19.1. The Morgan fingerprint density at radius 3 is 2.24 bits per heavy atom. The third-order valence-corrected chi connectivity index (χ3v) is 11.1. The predicted octanol–water partition coefficient (Wildman–Crippen LogP) is 13.6. The highest BCUT2D eigenvalue weighted by Gasteiger charge is 2.26. The molecule has 58 heavy (non-hydrogen) atoms. The fraction of sp³-hybridized carbons (Fsp3) is 0.0577. The lowest BCUT2D eigenvalue weighted by Gasteiger charge is -2.16. The molecule has 1 aliphatic carbocycles. The van der Waals surface area contributed by atoms with Crippen molar-refractivity contribution in [3.63, 3.8) is 0 Å². The van der Waals surface area contributed by atoms with Gasteiger partial charge in [0.2, 0.25) is 0 Å². The van der Waals surface area contributed by atoms with Crippen LogP contribution in [-0.4, -0.2) is 10.3 Å². The van der Waals surface area contributed by atoms with E-state index < -0.39 is 6.17 Å². The highest BCUT2D eigenvalue weighted by Crippen LogP contribution is 2.43. The lowest BCUT2D eigenvalue weighted by molar-refractivity contribution is 0.347. The van der Waals surface area contributed by atoms with Gasteiger partial charge in [-0.1, -0.05) is 133 Å². The Labute approximate surface area is 334 Å². The van der Waals surface area contributed by atoms with Gasteiger partial charge in [0.15, 0.2) is 0 Å². The number of nitrogens with zero attached hydrogens (tertiary/aromatic N) is 1. The SMILES string of the molecule is N=C(/C=C(\NCc1ccccc1-c1ccc2c(c1)c1c(n2-c2ccc(-c3cccc4c3oc3cccc(F)c34)cc2)C=CCC1F)c1ccccc1)c1ccccc1. The van der Waals surface area contributed by atoms with Crippen LogP contribution in [0.5, 0.6) is 0 Å². The van der Waals surface area contributed by atoms with Crippen LogP contribution >= 0.6 is 0 Å². The molecule has 0 radical (unpaired) electrons. The number of aromatic nitrogens is 1. The Balaban J connectivity index is 1.01. The summed E-state index contributed by atoms with van der Waals surface area (Å²) in [6.07, 6.45) is 5.01. The van der Waals surface area contributed by atoms with Gasteiger partial charge in [-0.25, -0.2) is 8.78 Å². The molecule has 1 aliphatic rings. The molecule has 2 heterocycles. The molecular weight excluding hydrogens is 721 g/mol. The predicted molar refractivity (Wildman–Crippen MR) is 233 cm³/mol. The van der Waals surface area contributed by atoms with Crippen LogP contribution in [0.15, 0.2) is 180 Å². The molecule has 7 aromatic carbocycles. The lowest BCUT2D eigenvalue weighted by Crippen LogP contribution is -2.14. The number of alkyl halides is 1. The molecule has 10 rings (SSSR count). The van der Waals surface area contributed by atoms with Crippen LogP contribution in [-0.2, 0) is 6.54 Å². The van der Waals surface area contributed by atoms with Crippen LogP contribution in [0.1, 0.15) is 40.5 Å². The van der Waals surface area contributed by atoms with Gasteiger partial charge in [0, 0.05) is 46.2 Å². The number of nitrogens with one attached hydrogen (secondary N) is 2. The molecule has 2 aromatic heterocycles. The summed E-state index contributed by atoms with van der Waals surface area (Å²) in [6.45, 7) is 0.521. The second kappa shape index (κ2) is 14.6. The van der Waals surface area contributed by atoms with Gasteiger partial charge in [-0.15, -0.1) is 0 Å². The number of benzene rings is 7. The molecule has 4 nitrogen and oxygen atoms in total. The number of allylic oxidation sites excluding steroid dienone is 2. The first-order valence-corrected chi connectivity index (χ1v) is 19.4. The molecule has 9 aromatic rings. The van der Waals surface area contributed by atoms with E-state index in [0.717, 1.165) is 72.3 Å². The van der Waals surface area contributed by atoms with Crippen molar-refractivity contribution in [2.45, 2.75) is 19.1 Å². The number of furan rings is 1. The summed E-state index contributed by atoms with van der Waals surface area (Å²) in [4.78, 5) is 0. The van der Waals surface area contributed by atoms with Crippen molar-refractivity contribution < 1.29 is 13.2 Å². The first-order chi connectivity index (χ1) is 28.5. The zero-order valence-electron chi connectivity index (χ0n) is 31.4. The van der Waals surface area contributed by atoms with Crippen molar-refractivity contribution in [1.82, 2.24) is 9.88 Å². The first kappa shape index (κ1) is 35.1. The van der Waals surface area contributed by atoms with Gasteiger partial charge in [-0.05, 0) is 81.9 Å². The van der Waals surface area contributed by atoms with Gasteiger partial charge in [0.1, 0.15) is 23.2 Å². The van der Waals surface area contributed by atoms with Gasteiger partial charge in [-0.2, -0.15) is 0 Å². The van der Waals surface area contributed by atoms with Crippen molar-refractivity contribution >= 4 is 50.3 Å². The largest absolute Gasteiger partial charge is 0.455 e. The summed E-state index contributed by atoms with van der Waals surface area (Å²) in [6, 6.07) is 53.4. The minimum absolute atomic E-state index is 0.304. The van der Waals surface area contributed by atoms with E-state index >= 15 is 4.39 Å². The van der Waals surface area contributed by atoms with Gasteiger partial charge in [0.25, 0.3) is 0 Å². The van der Waals surface area contributed by atoms with Crippen molar-refractivity contribution in [2.75, 3.05) is 0 Å². The zero-order valence-corrected chi connectivity index (χ0v) is 31.4. The summed E-state index contributed by atoms with van der Waals surface area (Å²) in [7, 11) is 0. The van der Waals surface area contributed by atoms with Crippen LogP contribution < -0.4 is 5.32 Å². The lowest BCUT2D eigenvalue weighted by atomic mass is 9.94. The number of hydrogen-bond donors (Lipinski definition) is 2. The Hall–Kier alpha value is -7.31. The summed E-state index contributed by atoms with van der Waals surface area (Å²) in [5, 5.41) is 14.6. The Morgan fingerprint density at radius 2 is 1.43 bits per heavy atom. The molecule has 1 unspecified atom stereocenters. The average Bonchev–Trinajstić information content (AvgIpc) is 3.83. The smallest absolute Gasteiger partial charge is 0.143 e. The van der Waals surface area contributed by atoms with E-state index in [4.69, 9.17) is 9.83 Å². The Morgan fingerprint density at radius 1 is 0.724 bits per heavy atom. The molecule has 6 heteroatoms. The molecule has 0 spiro atoms. The van der Waals surface area contributed by atoms with Crippen molar-refractivity contribution in [3.8, 4) is 27.9 Å². The number of halogens is 2. The molecule has 0 aliphatic heterocycles. The number of rotatable bonds is 9. The number of hydrogen-bond acceptors (Lipinski definition) is 3. The second-order valence-corrected chi connectivity index (χ2v) is 14.6. The molecule has 0 bridgehead atoms. The highest BCUT2D eigenvalue weighted by molar-refractivity contribution is 6.11. The van der Waals surface area contributed by atoms with Crippen molar-refractivity contribution in [1.29, 1.82) is 5.41 Å². The van der Waals surface area contributed by atoms with E-state index in [1.165, 1.54) is 6.07 Å². The standard InChI is InChI=1S/C52H37F2N3O/c53-43-20-10-22-48-50(43)42-30-36(39-17-8-7-16-37(39)32-56-46(35-14-5-2-6-15-35)31-45(55)34-12-3-1-4-13-34)26-29-47(42)57(48)38-27-24-33(25-28-38)40-18-9-19-41-51-44(54)21-11-23-49(51)58-52(40)41/h1-19,21-31,43,55-56H,20,32H2/b46-31-,55-45?. The van der Waals surface area contributed by atoms with Crippen LogP contribution in [0.3, 0.4) is 0 Å². The zero-order chi connectivity index (χ0) is 39.2. The summed E-state index contributed by atoms with van der Waals surface area (Å²) in [5.41, 5.74) is 12.6. The molecule has 2 N–H and O–H groups in total. The van der Waals surface area contributed by atoms with E-state index in [9.17, 15) is 4.39 Å². The van der Waals surface area contributed by atoms with Crippen molar-refractivity contribution in [3.05, 3.63) is 210 Å². The Kier molecular flexibility index (Phi) is 8.87. The van der Waals surface area contributed by atoms with Gasteiger partial charge in [-0.3, -0.25) is 0 Å². The van der Waals surface area contributed by atoms with E-state index in [-0.39, 0.29) is 5.82 Å². The summed E-state index contributed by atoms with van der Waals surface area (Å²) >= 11 is 0. The van der Waals surface area contributed by atoms with Crippen LogP contribution in [0, 0.1) is 11.2 Å². The van der Waals surface area contributed by atoms with Crippen LogP contribution in [0.25, 0.3) is 72.6 Å². The number of fused-ring (bicyclic) bond motifs is 6. The maximum absolute atomic E-state index is 16.1. The molecule has 1 atom stereocenters. The van der Waals surface area contributed by atoms with Crippen molar-refractivity contribution in [2.24, 2.45) is 0 Å². The normalized spacial score (nSPS) is 14.0. The topological polar surface area (TPSA) is 54.0 Å². The second-order valence-electron chi connectivity index (χ2n) is 14.6. The average molecular weight is 758 g/mol. The molecule has 0 amide bonds. The quantitative estimate of drug-likeness (QED) is 0.144. The third-order valence-electron chi connectivity index (χ3n) is 11.1. The van der Waals surface area contributed by atoms with E-state index in [0.29, 0.717) is 40.8 Å². The number of para-hydroxylation sites is 1. The fourth-order valence-electron chi connectivity index (χ4n) is 8.36. The van der Waals surface area contributed by atoms with E-state index in [1.54, 1.807) is 12.1 Å². The maximum Gasteiger partial charge on any atom is 0.143 e. The summed E-state index contributed by atoms with van der Waals surface area (Å²) in [5.74, 6) is -0.304. The molecular formula is C52H37F2N3O. The van der Waals surface area contributed by atoms with E-state index in [2.05, 4.69) is 52.3 Å². The summed E-state index contributed by atoms with van der Waals surface area (Å²) < 4.78 is 39.2. The first-order valence-electron chi connectivity index (χ1n) is 19.4.